The summed E-state index contributed by atoms with van der Waals surface area (Å²) in [5.74, 6) is -8.01. The fraction of sp³-hybridized carbons (Fsp3) is 0.125. The molecule has 1 aromatic carbocycles. The van der Waals surface area contributed by atoms with Gasteiger partial charge in [0.25, 0.3) is 0 Å². The van der Waals surface area contributed by atoms with Gasteiger partial charge >= 0.3 is 5.97 Å². The minimum absolute atomic E-state index is 1.01. The number of aliphatic hydroxyl groups excluding tert-OH is 1. The van der Waals surface area contributed by atoms with Gasteiger partial charge in [-0.25, -0.2) is 4.79 Å². The van der Waals surface area contributed by atoms with E-state index in [-0.39, 0.29) is 0 Å². The molecule has 0 aliphatic heterocycles. The maximum atomic E-state index is 10.4. The minimum atomic E-state index is -2.36. The van der Waals surface area contributed by atoms with Crippen LogP contribution in [0, 0.1) is 0 Å². The Morgan fingerprint density at radius 2 is 1.12 bits per heavy atom. The van der Waals surface area contributed by atoms with Crippen LogP contribution in [0.2, 0.25) is 0 Å². The number of benzene rings is 1. The lowest BCUT2D eigenvalue weighted by Gasteiger charge is -2.13. The molecule has 1 rings (SSSR count). The second-order valence-corrected chi connectivity index (χ2v) is 2.90. The van der Waals surface area contributed by atoms with Crippen molar-refractivity contribution >= 4 is 5.97 Å². The molecule has 0 aromatic heterocycles. The van der Waals surface area contributed by atoms with Crippen LogP contribution in [0.15, 0.2) is 0 Å². The summed E-state index contributed by atoms with van der Waals surface area (Å²) >= 11 is 0. The first-order valence-corrected chi connectivity index (χ1v) is 3.88. The van der Waals surface area contributed by atoms with Gasteiger partial charge in [-0.3, -0.25) is 0 Å². The van der Waals surface area contributed by atoms with E-state index in [1.807, 2.05) is 0 Å². The fourth-order valence-corrected chi connectivity index (χ4v) is 1.09. The maximum Gasteiger partial charge on any atom is 0.337 e. The summed E-state index contributed by atoms with van der Waals surface area (Å²) in [6, 6.07) is 0. The molecule has 16 heavy (non-hydrogen) atoms. The zero-order chi connectivity index (χ0) is 12.6. The lowest BCUT2D eigenvalue weighted by molar-refractivity contribution is -0.147. The quantitative estimate of drug-likeness (QED) is 0.261. The van der Waals surface area contributed by atoms with E-state index in [0.29, 0.717) is 0 Å². The molecular formula is C8H8O8. The average molecular weight is 232 g/mol. The number of carboxylic acid groups (broad SMARTS) is 1. The van der Waals surface area contributed by atoms with Gasteiger partial charge in [0.1, 0.15) is 0 Å². The molecular weight excluding hydrogens is 224 g/mol. The third-order valence-electron chi connectivity index (χ3n) is 1.91. The third kappa shape index (κ3) is 1.50. The number of phenolic OH excluding ortho intramolecular Hbond substituents is 5. The highest BCUT2D eigenvalue weighted by Crippen LogP contribution is 2.52. The molecule has 0 heterocycles. The highest BCUT2D eigenvalue weighted by Gasteiger charge is 2.31. The molecule has 8 nitrogen and oxygen atoms in total. The van der Waals surface area contributed by atoms with Crippen molar-refractivity contribution in [2.45, 2.75) is 6.10 Å². The van der Waals surface area contributed by atoms with E-state index < -0.39 is 46.4 Å². The molecule has 0 spiro atoms. The standard InChI is InChI=1S/C8H8O8/c9-2-1(4(11)8(15)16)3(10)6(13)7(14)5(2)12/h4,9-14H,(H,15,16). The lowest BCUT2D eigenvalue weighted by Crippen LogP contribution is -2.11. The van der Waals surface area contributed by atoms with Crippen LogP contribution in [0.1, 0.15) is 11.7 Å². The Labute approximate surface area is 87.9 Å². The molecule has 0 radical (unpaired) electrons. The van der Waals surface area contributed by atoms with Crippen LogP contribution in [0.3, 0.4) is 0 Å². The Morgan fingerprint density at radius 1 is 0.812 bits per heavy atom. The summed E-state index contributed by atoms with van der Waals surface area (Å²) in [5.41, 5.74) is -1.01. The number of hydrogen-bond acceptors (Lipinski definition) is 7. The zero-order valence-corrected chi connectivity index (χ0v) is 7.62. The van der Waals surface area contributed by atoms with Gasteiger partial charge in [-0.2, -0.15) is 0 Å². The topological polar surface area (TPSA) is 159 Å². The monoisotopic (exact) mass is 232 g/mol. The van der Waals surface area contributed by atoms with Crippen LogP contribution in [-0.4, -0.2) is 41.7 Å². The first-order valence-electron chi connectivity index (χ1n) is 3.88. The number of aliphatic carboxylic acids is 1. The van der Waals surface area contributed by atoms with Gasteiger partial charge in [0.2, 0.25) is 17.2 Å². The van der Waals surface area contributed by atoms with Crippen molar-refractivity contribution in [2.24, 2.45) is 0 Å². The molecule has 7 N–H and O–H groups in total. The van der Waals surface area contributed by atoms with E-state index in [9.17, 15) is 15.0 Å². The van der Waals surface area contributed by atoms with E-state index in [0.717, 1.165) is 0 Å². The molecule has 0 amide bonds. The van der Waals surface area contributed by atoms with Crippen LogP contribution < -0.4 is 0 Å². The predicted molar refractivity (Wildman–Crippen MR) is 47.4 cm³/mol. The van der Waals surface area contributed by atoms with Gasteiger partial charge in [0, 0.05) is 0 Å². The Bertz CT molecular complexity index is 423. The highest BCUT2D eigenvalue weighted by molar-refractivity contribution is 5.80. The minimum Gasteiger partial charge on any atom is -0.504 e. The number of carbonyl (C=O) groups is 1. The van der Waals surface area contributed by atoms with E-state index in [1.54, 1.807) is 0 Å². The van der Waals surface area contributed by atoms with Crippen LogP contribution in [0.4, 0.5) is 0 Å². The third-order valence-corrected chi connectivity index (χ3v) is 1.91. The predicted octanol–water partition coefficient (Wildman–Crippen LogP) is -0.667. The van der Waals surface area contributed by atoms with Crippen molar-refractivity contribution in [1.29, 1.82) is 0 Å². The van der Waals surface area contributed by atoms with E-state index in [4.69, 9.17) is 25.5 Å². The van der Waals surface area contributed by atoms with Crippen LogP contribution in [0.25, 0.3) is 0 Å². The Hall–Kier alpha value is -2.35. The SMILES string of the molecule is O=C(O)C(O)c1c(O)c(O)c(O)c(O)c1O. The first-order chi connectivity index (χ1) is 7.29. The number of hydrogen-bond donors (Lipinski definition) is 7. The van der Waals surface area contributed by atoms with Gasteiger partial charge in [0.05, 0.1) is 5.56 Å². The van der Waals surface area contributed by atoms with Crippen molar-refractivity contribution in [2.75, 3.05) is 0 Å². The molecule has 8 heteroatoms. The molecule has 0 aliphatic rings. The van der Waals surface area contributed by atoms with E-state index in [2.05, 4.69) is 0 Å². The Balaban J connectivity index is 3.57. The van der Waals surface area contributed by atoms with Crippen molar-refractivity contribution < 1.29 is 40.5 Å². The van der Waals surface area contributed by atoms with Gasteiger partial charge < -0.3 is 35.7 Å². The number of aromatic hydroxyl groups is 5. The average Bonchev–Trinajstić information content (AvgIpc) is 2.23. The van der Waals surface area contributed by atoms with E-state index >= 15 is 0 Å². The van der Waals surface area contributed by atoms with Crippen molar-refractivity contribution in [1.82, 2.24) is 0 Å². The summed E-state index contributed by atoms with van der Waals surface area (Å²) in [6.45, 7) is 0. The van der Waals surface area contributed by atoms with Gasteiger partial charge in [-0.05, 0) is 0 Å². The van der Waals surface area contributed by atoms with Crippen molar-refractivity contribution in [3.63, 3.8) is 0 Å². The molecule has 0 saturated heterocycles. The largest absolute Gasteiger partial charge is 0.504 e. The Morgan fingerprint density at radius 3 is 1.44 bits per heavy atom. The van der Waals surface area contributed by atoms with Crippen molar-refractivity contribution in [3.8, 4) is 28.7 Å². The van der Waals surface area contributed by atoms with Crippen LogP contribution in [-0.2, 0) is 4.79 Å². The number of rotatable bonds is 2. The normalized spacial score (nSPS) is 12.3. The first kappa shape index (κ1) is 11.7. The fourth-order valence-electron chi connectivity index (χ4n) is 1.09. The number of carboxylic acids is 1. The van der Waals surface area contributed by atoms with Crippen LogP contribution in [0.5, 0.6) is 28.7 Å². The number of aliphatic hydroxyl groups is 1. The van der Waals surface area contributed by atoms with Gasteiger partial charge in [0.15, 0.2) is 17.6 Å². The summed E-state index contributed by atoms with van der Waals surface area (Å²) in [4.78, 5) is 10.4. The summed E-state index contributed by atoms with van der Waals surface area (Å²) < 4.78 is 0. The van der Waals surface area contributed by atoms with Crippen molar-refractivity contribution in [3.05, 3.63) is 5.56 Å². The molecule has 1 atom stereocenters. The summed E-state index contributed by atoms with van der Waals surface area (Å²) in [5, 5.41) is 63.0. The molecule has 0 fully saturated rings. The summed E-state index contributed by atoms with van der Waals surface area (Å²) in [6.07, 6.45) is -2.36. The molecule has 0 bridgehead atoms. The number of phenols is 5. The Kier molecular flexibility index (Phi) is 2.68. The molecule has 1 aromatic rings. The van der Waals surface area contributed by atoms with Crippen LogP contribution >= 0.6 is 0 Å². The lowest BCUT2D eigenvalue weighted by atomic mass is 10.0. The second-order valence-electron chi connectivity index (χ2n) is 2.90. The maximum absolute atomic E-state index is 10.4. The van der Waals surface area contributed by atoms with E-state index in [1.165, 1.54) is 0 Å². The smallest absolute Gasteiger partial charge is 0.337 e. The summed E-state index contributed by atoms with van der Waals surface area (Å²) in [7, 11) is 0. The molecule has 88 valence electrons. The van der Waals surface area contributed by atoms with Gasteiger partial charge in [-0.15, -0.1) is 0 Å². The zero-order valence-electron chi connectivity index (χ0n) is 7.62. The molecule has 0 aliphatic carbocycles. The second kappa shape index (κ2) is 3.66. The molecule has 0 saturated carbocycles. The molecule has 1 unspecified atom stereocenters. The highest BCUT2D eigenvalue weighted by atomic mass is 16.4. The van der Waals surface area contributed by atoms with Gasteiger partial charge in [-0.1, -0.05) is 0 Å².